The Balaban J connectivity index is 0.00000144. The van der Waals surface area contributed by atoms with Gasteiger partial charge in [0.05, 0.1) is 6.54 Å². The molecule has 0 bridgehead atoms. The molecule has 0 atom stereocenters. The number of halogens is 1. The van der Waals surface area contributed by atoms with Crippen LogP contribution in [0.5, 0.6) is 0 Å². The van der Waals surface area contributed by atoms with E-state index in [-0.39, 0.29) is 24.0 Å². The first-order chi connectivity index (χ1) is 7.75. The third-order valence-electron chi connectivity index (χ3n) is 2.78. The predicted octanol–water partition coefficient (Wildman–Crippen LogP) is 2.48. The second-order valence-corrected chi connectivity index (χ2v) is 4.41. The van der Waals surface area contributed by atoms with Gasteiger partial charge in [-0.3, -0.25) is 4.99 Å². The first-order valence-electron chi connectivity index (χ1n) is 5.87. The SMILES string of the molecule is CC(C)c1ccc(CNC2=NCCN2)cc1.I. The van der Waals surface area contributed by atoms with Gasteiger partial charge < -0.3 is 10.6 Å². The summed E-state index contributed by atoms with van der Waals surface area (Å²) in [6.07, 6.45) is 0. The van der Waals surface area contributed by atoms with E-state index in [9.17, 15) is 0 Å². The second kappa shape index (κ2) is 6.83. The Labute approximate surface area is 120 Å². The fraction of sp³-hybridized carbons (Fsp3) is 0.462. The van der Waals surface area contributed by atoms with Crippen LogP contribution in [-0.2, 0) is 6.54 Å². The van der Waals surface area contributed by atoms with Gasteiger partial charge in [0.15, 0.2) is 5.96 Å². The molecule has 0 saturated heterocycles. The Morgan fingerprint density at radius 2 is 2.00 bits per heavy atom. The standard InChI is InChI=1S/C13H19N3.HI/c1-10(2)12-5-3-11(4-6-12)9-16-13-14-7-8-15-13;/h3-6,10H,7-9H2,1-2H3,(H2,14,15,16);1H. The van der Waals surface area contributed by atoms with Crippen molar-refractivity contribution in [2.75, 3.05) is 13.1 Å². The molecule has 0 aliphatic carbocycles. The van der Waals surface area contributed by atoms with E-state index in [1.54, 1.807) is 0 Å². The molecule has 0 unspecified atom stereocenters. The van der Waals surface area contributed by atoms with E-state index < -0.39 is 0 Å². The lowest BCUT2D eigenvalue weighted by Gasteiger charge is -2.09. The number of guanidine groups is 1. The van der Waals surface area contributed by atoms with Gasteiger partial charge in [-0.2, -0.15) is 0 Å². The Bertz CT molecular complexity index is 371. The molecule has 4 heteroatoms. The smallest absolute Gasteiger partial charge is 0.191 e. The van der Waals surface area contributed by atoms with Gasteiger partial charge in [-0.1, -0.05) is 38.1 Å². The van der Waals surface area contributed by atoms with Gasteiger partial charge in [-0.05, 0) is 17.0 Å². The van der Waals surface area contributed by atoms with E-state index in [0.29, 0.717) is 5.92 Å². The van der Waals surface area contributed by atoms with Gasteiger partial charge in [0, 0.05) is 13.1 Å². The molecular formula is C13H20IN3. The Hall–Kier alpha value is -0.780. The lowest BCUT2D eigenvalue weighted by Crippen LogP contribution is -2.33. The zero-order chi connectivity index (χ0) is 11.4. The van der Waals surface area contributed by atoms with Gasteiger partial charge >= 0.3 is 0 Å². The number of hydrogen-bond acceptors (Lipinski definition) is 3. The Morgan fingerprint density at radius 3 is 2.53 bits per heavy atom. The van der Waals surface area contributed by atoms with E-state index in [1.165, 1.54) is 11.1 Å². The topological polar surface area (TPSA) is 36.4 Å². The monoisotopic (exact) mass is 345 g/mol. The van der Waals surface area contributed by atoms with Crippen molar-refractivity contribution in [1.82, 2.24) is 10.6 Å². The van der Waals surface area contributed by atoms with Crippen molar-refractivity contribution in [3.63, 3.8) is 0 Å². The third kappa shape index (κ3) is 4.18. The number of nitrogens with one attached hydrogen (secondary N) is 2. The van der Waals surface area contributed by atoms with Crippen molar-refractivity contribution in [3.8, 4) is 0 Å². The van der Waals surface area contributed by atoms with E-state index in [2.05, 4.69) is 53.7 Å². The average molecular weight is 345 g/mol. The summed E-state index contributed by atoms with van der Waals surface area (Å²) in [6, 6.07) is 8.76. The highest BCUT2D eigenvalue weighted by Gasteiger charge is 2.04. The molecule has 2 rings (SSSR count). The summed E-state index contributed by atoms with van der Waals surface area (Å²) in [5.41, 5.74) is 2.68. The van der Waals surface area contributed by atoms with Crippen molar-refractivity contribution in [1.29, 1.82) is 0 Å². The number of nitrogens with zero attached hydrogens (tertiary/aromatic N) is 1. The lowest BCUT2D eigenvalue weighted by atomic mass is 10.0. The Kier molecular flexibility index (Phi) is 5.74. The van der Waals surface area contributed by atoms with Crippen molar-refractivity contribution in [3.05, 3.63) is 35.4 Å². The molecule has 0 saturated carbocycles. The third-order valence-corrected chi connectivity index (χ3v) is 2.78. The molecule has 0 aromatic heterocycles. The molecule has 2 N–H and O–H groups in total. The van der Waals surface area contributed by atoms with Crippen LogP contribution >= 0.6 is 24.0 Å². The molecule has 94 valence electrons. The minimum Gasteiger partial charge on any atom is -0.355 e. The van der Waals surface area contributed by atoms with Crippen LogP contribution in [0.3, 0.4) is 0 Å². The fourth-order valence-electron chi connectivity index (χ4n) is 1.72. The number of rotatable bonds is 3. The van der Waals surface area contributed by atoms with Crippen LogP contribution in [-0.4, -0.2) is 19.0 Å². The highest BCUT2D eigenvalue weighted by Crippen LogP contribution is 2.14. The van der Waals surface area contributed by atoms with Gasteiger partial charge in [0.1, 0.15) is 0 Å². The largest absolute Gasteiger partial charge is 0.355 e. The molecule has 1 aliphatic heterocycles. The molecule has 3 nitrogen and oxygen atoms in total. The fourth-order valence-corrected chi connectivity index (χ4v) is 1.72. The van der Waals surface area contributed by atoms with E-state index in [4.69, 9.17) is 0 Å². The lowest BCUT2D eigenvalue weighted by molar-refractivity contribution is 0.850. The molecule has 0 fully saturated rings. The minimum atomic E-state index is 0. The zero-order valence-corrected chi connectivity index (χ0v) is 12.7. The molecule has 17 heavy (non-hydrogen) atoms. The molecule has 1 heterocycles. The first kappa shape index (κ1) is 14.3. The summed E-state index contributed by atoms with van der Waals surface area (Å²) in [5.74, 6) is 1.52. The first-order valence-corrected chi connectivity index (χ1v) is 5.87. The zero-order valence-electron chi connectivity index (χ0n) is 10.4. The molecular weight excluding hydrogens is 325 g/mol. The number of benzene rings is 1. The van der Waals surface area contributed by atoms with Crippen molar-refractivity contribution in [2.45, 2.75) is 26.3 Å². The maximum absolute atomic E-state index is 4.29. The Morgan fingerprint density at radius 1 is 1.29 bits per heavy atom. The van der Waals surface area contributed by atoms with E-state index in [1.807, 2.05) is 0 Å². The van der Waals surface area contributed by atoms with Gasteiger partial charge in [0.25, 0.3) is 0 Å². The number of hydrogen-bond donors (Lipinski definition) is 2. The highest BCUT2D eigenvalue weighted by atomic mass is 127. The van der Waals surface area contributed by atoms with Crippen molar-refractivity contribution in [2.24, 2.45) is 4.99 Å². The van der Waals surface area contributed by atoms with Crippen LogP contribution < -0.4 is 10.6 Å². The van der Waals surface area contributed by atoms with Crippen LogP contribution in [0.1, 0.15) is 30.9 Å². The molecule has 0 amide bonds. The summed E-state index contributed by atoms with van der Waals surface area (Å²) in [7, 11) is 0. The minimum absolute atomic E-state index is 0. The van der Waals surface area contributed by atoms with Crippen molar-refractivity contribution < 1.29 is 0 Å². The van der Waals surface area contributed by atoms with Crippen LogP contribution in [0, 0.1) is 0 Å². The summed E-state index contributed by atoms with van der Waals surface area (Å²) < 4.78 is 0. The second-order valence-electron chi connectivity index (χ2n) is 4.41. The molecule has 1 aromatic rings. The summed E-state index contributed by atoms with van der Waals surface area (Å²) >= 11 is 0. The molecule has 0 spiro atoms. The van der Waals surface area contributed by atoms with Crippen LogP contribution in [0.2, 0.25) is 0 Å². The maximum Gasteiger partial charge on any atom is 0.191 e. The summed E-state index contributed by atoms with van der Waals surface area (Å²) in [6.45, 7) is 7.10. The molecule has 1 aliphatic rings. The van der Waals surface area contributed by atoms with Crippen LogP contribution in [0.4, 0.5) is 0 Å². The maximum atomic E-state index is 4.29. The average Bonchev–Trinajstić information content (AvgIpc) is 2.80. The van der Waals surface area contributed by atoms with E-state index in [0.717, 1.165) is 25.6 Å². The van der Waals surface area contributed by atoms with Crippen LogP contribution in [0.25, 0.3) is 0 Å². The normalized spacial score (nSPS) is 13.9. The van der Waals surface area contributed by atoms with E-state index >= 15 is 0 Å². The number of aliphatic imine (C=N–C) groups is 1. The molecule has 1 aromatic carbocycles. The van der Waals surface area contributed by atoms with Crippen molar-refractivity contribution >= 4 is 29.9 Å². The summed E-state index contributed by atoms with van der Waals surface area (Å²) in [4.78, 5) is 4.29. The van der Waals surface area contributed by atoms with Gasteiger partial charge in [0.2, 0.25) is 0 Å². The van der Waals surface area contributed by atoms with Crippen LogP contribution in [0.15, 0.2) is 29.3 Å². The highest BCUT2D eigenvalue weighted by molar-refractivity contribution is 14.0. The predicted molar refractivity (Wildman–Crippen MR) is 83.1 cm³/mol. The molecule has 0 radical (unpaired) electrons. The van der Waals surface area contributed by atoms with Gasteiger partial charge in [-0.15, -0.1) is 24.0 Å². The summed E-state index contributed by atoms with van der Waals surface area (Å²) in [5, 5.41) is 6.48. The quantitative estimate of drug-likeness (QED) is 0.826. The van der Waals surface area contributed by atoms with Gasteiger partial charge in [-0.25, -0.2) is 0 Å².